The van der Waals surface area contributed by atoms with Crippen LogP contribution in [0.2, 0.25) is 0 Å². The van der Waals surface area contributed by atoms with E-state index in [0.717, 1.165) is 17.7 Å². The second-order valence-corrected chi connectivity index (χ2v) is 3.20. The van der Waals surface area contributed by atoms with Crippen molar-refractivity contribution in [1.29, 1.82) is 0 Å². The van der Waals surface area contributed by atoms with Crippen molar-refractivity contribution in [2.45, 2.75) is 13.3 Å². The van der Waals surface area contributed by atoms with Gasteiger partial charge in [-0.1, -0.05) is 12.1 Å². The number of halogens is 1. The quantitative estimate of drug-likeness (QED) is 0.741. The van der Waals surface area contributed by atoms with Crippen molar-refractivity contribution in [3.63, 3.8) is 0 Å². The van der Waals surface area contributed by atoms with Gasteiger partial charge in [-0.25, -0.2) is 0 Å². The highest BCUT2D eigenvalue weighted by Crippen LogP contribution is 2.11. The number of anilines is 1. The monoisotopic (exact) mass is 197 g/mol. The van der Waals surface area contributed by atoms with E-state index in [1.165, 1.54) is 6.92 Å². The van der Waals surface area contributed by atoms with Crippen LogP contribution in [0.15, 0.2) is 24.3 Å². The summed E-state index contributed by atoms with van der Waals surface area (Å²) in [6.45, 7) is 1.49. The summed E-state index contributed by atoms with van der Waals surface area (Å²) in [5.41, 5.74) is 1.97. The Labute approximate surface area is 82.9 Å². The zero-order valence-corrected chi connectivity index (χ0v) is 8.27. The van der Waals surface area contributed by atoms with E-state index in [1.807, 2.05) is 24.3 Å². The van der Waals surface area contributed by atoms with E-state index >= 15 is 0 Å². The third kappa shape index (κ3) is 3.47. The number of alkyl halides is 1. The van der Waals surface area contributed by atoms with Gasteiger partial charge in [0.2, 0.25) is 5.91 Å². The minimum absolute atomic E-state index is 0.0528. The number of carbonyl (C=O) groups is 1. The molecule has 3 heteroatoms. The number of amides is 1. The van der Waals surface area contributed by atoms with E-state index in [9.17, 15) is 4.79 Å². The number of nitrogens with one attached hydrogen (secondary N) is 1. The van der Waals surface area contributed by atoms with Crippen molar-refractivity contribution in [3.05, 3.63) is 29.8 Å². The Bertz CT molecular complexity index is 299. The Morgan fingerprint density at radius 2 is 2.31 bits per heavy atom. The van der Waals surface area contributed by atoms with Crippen LogP contribution in [-0.2, 0) is 11.2 Å². The fraction of sp³-hybridized carbons (Fsp3) is 0.300. The highest BCUT2D eigenvalue weighted by molar-refractivity contribution is 6.18. The van der Waals surface area contributed by atoms with Crippen LogP contribution in [0.3, 0.4) is 0 Å². The molecule has 0 bridgehead atoms. The van der Waals surface area contributed by atoms with Crippen LogP contribution < -0.4 is 5.32 Å². The summed E-state index contributed by atoms with van der Waals surface area (Å²) >= 11 is 5.61. The zero-order valence-electron chi connectivity index (χ0n) is 7.51. The highest BCUT2D eigenvalue weighted by atomic mass is 35.5. The van der Waals surface area contributed by atoms with Crippen LogP contribution >= 0.6 is 11.6 Å². The Hall–Kier alpha value is -1.02. The van der Waals surface area contributed by atoms with Crippen molar-refractivity contribution >= 4 is 23.2 Å². The molecule has 0 saturated carbocycles. The molecule has 0 aliphatic carbocycles. The van der Waals surface area contributed by atoms with Gasteiger partial charge in [-0.15, -0.1) is 11.6 Å². The molecule has 1 rings (SSSR count). The van der Waals surface area contributed by atoms with Gasteiger partial charge in [0.1, 0.15) is 0 Å². The molecule has 13 heavy (non-hydrogen) atoms. The molecule has 0 atom stereocenters. The lowest BCUT2D eigenvalue weighted by Gasteiger charge is -2.03. The second-order valence-electron chi connectivity index (χ2n) is 2.82. The summed E-state index contributed by atoms with van der Waals surface area (Å²) in [6, 6.07) is 7.70. The van der Waals surface area contributed by atoms with Gasteiger partial charge in [-0.3, -0.25) is 4.79 Å². The Morgan fingerprint density at radius 3 is 2.92 bits per heavy atom. The van der Waals surface area contributed by atoms with E-state index in [0.29, 0.717) is 5.88 Å². The molecule has 70 valence electrons. The number of benzene rings is 1. The fourth-order valence-corrected chi connectivity index (χ4v) is 1.34. The molecule has 1 aromatic rings. The topological polar surface area (TPSA) is 29.1 Å². The van der Waals surface area contributed by atoms with Gasteiger partial charge < -0.3 is 5.32 Å². The van der Waals surface area contributed by atoms with Gasteiger partial charge >= 0.3 is 0 Å². The molecule has 0 unspecified atom stereocenters. The molecule has 0 spiro atoms. The van der Waals surface area contributed by atoms with Gasteiger partial charge in [0.25, 0.3) is 0 Å². The molecule has 0 heterocycles. The lowest BCUT2D eigenvalue weighted by atomic mass is 10.1. The summed E-state index contributed by atoms with van der Waals surface area (Å²) in [5, 5.41) is 2.72. The van der Waals surface area contributed by atoms with E-state index < -0.39 is 0 Å². The van der Waals surface area contributed by atoms with E-state index in [1.54, 1.807) is 0 Å². The molecule has 2 nitrogen and oxygen atoms in total. The maximum absolute atomic E-state index is 10.7. The first-order valence-corrected chi connectivity index (χ1v) is 4.68. The third-order valence-electron chi connectivity index (χ3n) is 1.63. The van der Waals surface area contributed by atoms with Gasteiger partial charge in [-0.2, -0.15) is 0 Å². The number of hydrogen-bond acceptors (Lipinski definition) is 1. The molecule has 1 amide bonds. The van der Waals surface area contributed by atoms with Gasteiger partial charge in [0, 0.05) is 18.5 Å². The molecule has 0 aliphatic heterocycles. The lowest BCUT2D eigenvalue weighted by molar-refractivity contribution is -0.114. The van der Waals surface area contributed by atoms with Crippen LogP contribution in [0.4, 0.5) is 5.69 Å². The zero-order chi connectivity index (χ0) is 9.68. The minimum atomic E-state index is -0.0528. The predicted molar refractivity (Wildman–Crippen MR) is 55.2 cm³/mol. The van der Waals surface area contributed by atoms with Crippen LogP contribution in [0.5, 0.6) is 0 Å². The number of rotatable bonds is 3. The average molecular weight is 198 g/mol. The van der Waals surface area contributed by atoms with Gasteiger partial charge in [0.15, 0.2) is 0 Å². The molecule has 0 aliphatic rings. The van der Waals surface area contributed by atoms with Crippen LogP contribution in [0.1, 0.15) is 12.5 Å². The lowest BCUT2D eigenvalue weighted by Crippen LogP contribution is -2.05. The minimum Gasteiger partial charge on any atom is -0.326 e. The summed E-state index contributed by atoms with van der Waals surface area (Å²) in [7, 11) is 0. The summed E-state index contributed by atoms with van der Waals surface area (Å²) in [4.78, 5) is 10.7. The maximum Gasteiger partial charge on any atom is 0.221 e. The van der Waals surface area contributed by atoms with Crippen LogP contribution in [0, 0.1) is 0 Å². The summed E-state index contributed by atoms with van der Waals surface area (Å²) in [5.74, 6) is 0.548. The number of aryl methyl sites for hydroxylation is 1. The van der Waals surface area contributed by atoms with Gasteiger partial charge in [0.05, 0.1) is 0 Å². The predicted octanol–water partition coefficient (Wildman–Crippen LogP) is 2.43. The van der Waals surface area contributed by atoms with Gasteiger partial charge in [-0.05, 0) is 24.1 Å². The first kappa shape index (κ1) is 10.1. The number of hydrogen-bond donors (Lipinski definition) is 1. The smallest absolute Gasteiger partial charge is 0.221 e. The molecule has 0 fully saturated rings. The molecule has 0 saturated heterocycles. The largest absolute Gasteiger partial charge is 0.326 e. The molecule has 0 aromatic heterocycles. The van der Waals surface area contributed by atoms with Crippen LogP contribution in [-0.4, -0.2) is 11.8 Å². The van der Waals surface area contributed by atoms with E-state index in [2.05, 4.69) is 5.32 Å². The third-order valence-corrected chi connectivity index (χ3v) is 1.82. The second kappa shape index (κ2) is 4.87. The van der Waals surface area contributed by atoms with Crippen molar-refractivity contribution in [3.8, 4) is 0 Å². The standard InChI is InChI=1S/C10H12ClNO/c1-8(13)12-10-4-2-3-9(7-10)5-6-11/h2-4,7H,5-6H2,1H3,(H,12,13). The molecular formula is C10H12ClNO. The summed E-state index contributed by atoms with van der Waals surface area (Å²) in [6.07, 6.45) is 0.828. The summed E-state index contributed by atoms with van der Waals surface area (Å²) < 4.78 is 0. The van der Waals surface area contributed by atoms with E-state index in [4.69, 9.17) is 11.6 Å². The fourth-order valence-electron chi connectivity index (χ4n) is 1.12. The Morgan fingerprint density at radius 1 is 1.54 bits per heavy atom. The molecule has 1 aromatic carbocycles. The van der Waals surface area contributed by atoms with Crippen LogP contribution in [0.25, 0.3) is 0 Å². The van der Waals surface area contributed by atoms with Crippen molar-refractivity contribution in [2.24, 2.45) is 0 Å². The molecular weight excluding hydrogens is 186 g/mol. The van der Waals surface area contributed by atoms with Crippen molar-refractivity contribution < 1.29 is 4.79 Å². The number of carbonyl (C=O) groups excluding carboxylic acids is 1. The Kier molecular flexibility index (Phi) is 3.77. The average Bonchev–Trinajstić information content (AvgIpc) is 2.04. The molecule has 1 N–H and O–H groups in total. The first-order chi connectivity index (χ1) is 6.22. The first-order valence-electron chi connectivity index (χ1n) is 4.15. The maximum atomic E-state index is 10.7. The Balaban J connectivity index is 2.73. The normalized spacial score (nSPS) is 9.69. The van der Waals surface area contributed by atoms with E-state index in [-0.39, 0.29) is 5.91 Å². The molecule has 0 radical (unpaired) electrons. The van der Waals surface area contributed by atoms with Crippen molar-refractivity contribution in [2.75, 3.05) is 11.2 Å². The van der Waals surface area contributed by atoms with Crippen molar-refractivity contribution in [1.82, 2.24) is 0 Å². The highest BCUT2D eigenvalue weighted by Gasteiger charge is 1.96. The SMILES string of the molecule is CC(=O)Nc1cccc(CCCl)c1.